The fourth-order valence-corrected chi connectivity index (χ4v) is 8.67. The maximum atomic E-state index is 12.0. The summed E-state index contributed by atoms with van der Waals surface area (Å²) in [5.41, 5.74) is 19.7. The highest BCUT2D eigenvalue weighted by atomic mass is 35.5. The van der Waals surface area contributed by atoms with E-state index in [0.717, 1.165) is 80.8 Å². The van der Waals surface area contributed by atoms with Crippen LogP contribution in [0.3, 0.4) is 0 Å². The molecule has 0 saturated heterocycles. The second-order valence-corrected chi connectivity index (χ2v) is 22.8. The number of phenolic OH excluding ortho intramolecular Hbond substituents is 1. The number of benzene rings is 6. The predicted octanol–water partition coefficient (Wildman–Crippen LogP) is 9.27. The monoisotopic (exact) mass is 1150 g/mol. The molecule has 0 heterocycles. The summed E-state index contributed by atoms with van der Waals surface area (Å²) < 4.78 is 49.4. The largest absolute Gasteiger partial charge is 0.508 e. The highest BCUT2D eigenvalue weighted by Crippen LogP contribution is 2.20. The van der Waals surface area contributed by atoms with Crippen molar-refractivity contribution in [3.8, 4) is 5.75 Å². The third-order valence-electron chi connectivity index (χ3n) is 11.3. The van der Waals surface area contributed by atoms with Gasteiger partial charge in [-0.2, -0.15) is 0 Å². The lowest BCUT2D eigenvalue weighted by Crippen LogP contribution is -2.41. The first-order valence-electron chi connectivity index (χ1n) is 24.5. The van der Waals surface area contributed by atoms with Gasteiger partial charge in [-0.25, -0.2) is 22.3 Å². The molecule has 0 aliphatic rings. The zero-order chi connectivity index (χ0) is 56.5. The smallest absolute Gasteiger partial charge is 0.269 e. The van der Waals surface area contributed by atoms with Crippen LogP contribution in [0.4, 0.5) is 11.4 Å². The molecule has 0 fully saturated rings. The summed E-state index contributed by atoms with van der Waals surface area (Å²) in [6.07, 6.45) is 7.39. The van der Waals surface area contributed by atoms with Gasteiger partial charge in [-0.3, -0.25) is 44.9 Å². The summed E-state index contributed by atoms with van der Waals surface area (Å²) in [5, 5.41) is 14.3. The van der Waals surface area contributed by atoms with Gasteiger partial charge in [0, 0.05) is 64.4 Å². The van der Waals surface area contributed by atoms with Crippen molar-refractivity contribution in [2.24, 2.45) is 0 Å². The Balaban J connectivity index is 0.000000250. The lowest BCUT2D eigenvalue weighted by molar-refractivity contribution is -0.122. The van der Waals surface area contributed by atoms with Crippen LogP contribution in [-0.2, 0) is 66.5 Å². The van der Waals surface area contributed by atoms with E-state index in [4.69, 9.17) is 34.8 Å². The maximum absolute atomic E-state index is 12.0. The van der Waals surface area contributed by atoms with Gasteiger partial charge in [0.05, 0.1) is 12.5 Å². The van der Waals surface area contributed by atoms with Crippen LogP contribution in [0.2, 0.25) is 15.1 Å². The molecule has 0 spiro atoms. The van der Waals surface area contributed by atoms with Crippen molar-refractivity contribution in [2.75, 3.05) is 35.0 Å². The molecule has 0 bridgehead atoms. The topological polar surface area (TPSA) is 241 Å². The molecule has 4 amide bonds. The van der Waals surface area contributed by atoms with E-state index in [2.05, 4.69) is 42.5 Å². The number of sulfonamides is 2. The molecule has 8 N–H and O–H groups in total. The van der Waals surface area contributed by atoms with Crippen molar-refractivity contribution in [1.29, 1.82) is 0 Å². The van der Waals surface area contributed by atoms with E-state index >= 15 is 0 Å². The first-order valence-corrected chi connectivity index (χ1v) is 29.4. The van der Waals surface area contributed by atoms with E-state index < -0.39 is 26.0 Å². The van der Waals surface area contributed by atoms with E-state index in [0.29, 0.717) is 67.2 Å². The number of hydrogen-bond donors (Lipinski definition) is 8. The Morgan fingerprint density at radius 3 is 1.36 bits per heavy atom. The molecule has 16 nitrogen and oxygen atoms in total. The molecule has 0 aliphatic heterocycles. The van der Waals surface area contributed by atoms with E-state index in [1.165, 1.54) is 5.56 Å². The molecule has 0 aromatic heterocycles. The lowest BCUT2D eigenvalue weighted by atomic mass is 10.1. The van der Waals surface area contributed by atoms with Gasteiger partial charge in [0.2, 0.25) is 37.8 Å². The molecule has 6 aromatic carbocycles. The molecular formula is C56H66Cl3N7O9S2. The van der Waals surface area contributed by atoms with Gasteiger partial charge in [0.15, 0.2) is 0 Å². The number of carbonyl (C=O) groups excluding carboxylic acids is 4. The summed E-state index contributed by atoms with van der Waals surface area (Å²) in [6, 6.07) is 37.5. The van der Waals surface area contributed by atoms with Gasteiger partial charge in [0.1, 0.15) is 5.75 Å². The van der Waals surface area contributed by atoms with Crippen molar-refractivity contribution in [3.63, 3.8) is 0 Å². The van der Waals surface area contributed by atoms with Crippen LogP contribution in [0, 0.1) is 20.8 Å². The van der Waals surface area contributed by atoms with Crippen molar-refractivity contribution >= 4 is 89.9 Å². The summed E-state index contributed by atoms with van der Waals surface area (Å²) in [7, 11) is -6.60. The van der Waals surface area contributed by atoms with E-state index in [-0.39, 0.29) is 29.9 Å². The number of aromatic hydroxyl groups is 1. The standard InChI is InChI=1S/C19H24ClN3O3S.C19H22ClNO2.C18H20ClN3O4S/c1-14-3-4-16(13-18(14)20)11-12-21-22-19(24)10-7-15-5-8-17(9-6-15)23-27(2,25)26;1-14-4-5-16(13-18(14)20)3-2-12-21-19(23)11-8-15-6-9-17(22)10-7-15;1-12-11-14(6-9-16(12)19)18(24)21-20-17(23)10-5-13-3-7-15(8-4-13)22-27(2,25)26/h3-6,8-9,13,21,23H,7,10-12H2,1-2H3,(H,22,24);4-7,9-10,13,22H,2-3,8,11-12H2,1H3,(H,21,23);3-4,6-9,11,22H,5,10H2,1-2H3,(H,20,23)(H,21,24). The number of hydrogen-bond acceptors (Lipinski definition) is 10. The Kier molecular flexibility index (Phi) is 25.7. The van der Waals surface area contributed by atoms with Crippen molar-refractivity contribution in [3.05, 3.63) is 193 Å². The van der Waals surface area contributed by atoms with Crippen molar-refractivity contribution in [2.45, 2.75) is 78.6 Å². The highest BCUT2D eigenvalue weighted by Gasteiger charge is 2.11. The Hall–Kier alpha value is -6.67. The molecule has 0 radical (unpaired) electrons. The minimum absolute atomic E-state index is 0.0556. The molecule has 0 atom stereocenters. The molecule has 0 saturated carbocycles. The molecular weight excluding hydrogens is 1090 g/mol. The average Bonchev–Trinajstić information content (AvgIpc) is 3.37. The maximum Gasteiger partial charge on any atom is 0.269 e. The van der Waals surface area contributed by atoms with Gasteiger partial charge in [-0.15, -0.1) is 0 Å². The molecule has 77 heavy (non-hydrogen) atoms. The fraction of sp³-hybridized carbons (Fsp3) is 0.286. The van der Waals surface area contributed by atoms with Gasteiger partial charge in [-0.05, 0) is 171 Å². The minimum Gasteiger partial charge on any atom is -0.508 e. The molecule has 0 unspecified atom stereocenters. The van der Waals surface area contributed by atoms with Crippen LogP contribution in [0.1, 0.15) is 80.5 Å². The summed E-state index contributed by atoms with van der Waals surface area (Å²) in [5.74, 6) is -0.573. The van der Waals surface area contributed by atoms with E-state index in [1.807, 2.05) is 56.3 Å². The van der Waals surface area contributed by atoms with Gasteiger partial charge in [0.25, 0.3) is 5.91 Å². The summed E-state index contributed by atoms with van der Waals surface area (Å²) in [4.78, 5) is 47.6. The summed E-state index contributed by atoms with van der Waals surface area (Å²) in [6.45, 7) is 7.01. The minimum atomic E-state index is -3.32. The number of hydrazine groups is 2. The molecule has 0 aliphatic carbocycles. The number of anilines is 2. The quantitative estimate of drug-likeness (QED) is 0.0237. The molecule has 412 valence electrons. The van der Waals surface area contributed by atoms with E-state index in [1.54, 1.807) is 85.8 Å². The van der Waals surface area contributed by atoms with Gasteiger partial charge >= 0.3 is 0 Å². The Morgan fingerprint density at radius 2 is 0.896 bits per heavy atom. The van der Waals surface area contributed by atoms with Gasteiger partial charge < -0.3 is 10.4 Å². The SMILES string of the molecule is Cc1cc(C(=O)NNC(=O)CCc2ccc(NS(C)(=O)=O)cc2)ccc1Cl.Cc1ccc(CCCNC(=O)CCc2ccc(O)cc2)cc1Cl.Cc1ccc(CCNNC(=O)CCc2ccc(NS(C)(=O)=O)cc2)cc1Cl. The second-order valence-electron chi connectivity index (χ2n) is 18.1. The van der Waals surface area contributed by atoms with Gasteiger partial charge in [-0.1, -0.05) is 95.5 Å². The van der Waals surface area contributed by atoms with Crippen LogP contribution in [0.5, 0.6) is 5.75 Å². The third kappa shape index (κ3) is 25.8. The predicted molar refractivity (Wildman–Crippen MR) is 308 cm³/mol. The van der Waals surface area contributed by atoms with Crippen LogP contribution >= 0.6 is 34.8 Å². The van der Waals surface area contributed by atoms with E-state index in [9.17, 15) is 41.1 Å². The zero-order valence-corrected chi connectivity index (χ0v) is 47.5. The van der Waals surface area contributed by atoms with Crippen molar-refractivity contribution in [1.82, 2.24) is 27.0 Å². The fourth-order valence-electron chi connectivity index (χ4n) is 7.01. The number of aryl methyl sites for hydroxylation is 7. The number of carbonyl (C=O) groups is 4. The number of phenols is 1. The Bertz CT molecular complexity index is 3150. The zero-order valence-electron chi connectivity index (χ0n) is 43.6. The number of rotatable bonds is 22. The third-order valence-corrected chi connectivity index (χ3v) is 13.8. The first-order chi connectivity index (χ1) is 36.4. The number of amides is 4. The van der Waals surface area contributed by atoms with Crippen LogP contribution in [-0.4, -0.2) is 71.2 Å². The van der Waals surface area contributed by atoms with Crippen LogP contribution < -0.4 is 36.5 Å². The van der Waals surface area contributed by atoms with Crippen LogP contribution in [0.15, 0.2) is 127 Å². The Labute approximate surface area is 467 Å². The number of halogens is 3. The first kappa shape index (κ1) is 62.9. The molecule has 6 rings (SSSR count). The van der Waals surface area contributed by atoms with Crippen LogP contribution in [0.25, 0.3) is 0 Å². The molecule has 6 aromatic rings. The Morgan fingerprint density at radius 1 is 0.455 bits per heavy atom. The second kappa shape index (κ2) is 31.5. The summed E-state index contributed by atoms with van der Waals surface area (Å²) >= 11 is 18.1. The van der Waals surface area contributed by atoms with Crippen molar-refractivity contribution < 1.29 is 41.1 Å². The lowest BCUT2D eigenvalue weighted by Gasteiger charge is -2.09. The average molecular weight is 1150 g/mol. The number of nitrogens with one attached hydrogen (secondary N) is 7. The normalized spacial score (nSPS) is 10.9. The highest BCUT2D eigenvalue weighted by molar-refractivity contribution is 7.92. The molecule has 21 heteroatoms.